The van der Waals surface area contributed by atoms with E-state index in [0.717, 1.165) is 15.8 Å². The highest BCUT2D eigenvalue weighted by molar-refractivity contribution is 7.89. The van der Waals surface area contributed by atoms with Crippen molar-refractivity contribution in [3.8, 4) is 10.9 Å². The van der Waals surface area contributed by atoms with Gasteiger partial charge in [-0.1, -0.05) is 48.6 Å². The first-order valence-electron chi connectivity index (χ1n) is 12.3. The number of nitrogens with zero attached hydrogens (tertiary/aromatic N) is 4. The van der Waals surface area contributed by atoms with Crippen molar-refractivity contribution in [3.63, 3.8) is 0 Å². The number of carbonyl (C=O) groups is 1. The molecule has 9 nitrogen and oxygen atoms in total. The zero-order valence-electron chi connectivity index (χ0n) is 21.7. The molecule has 2 aromatic heterocycles. The summed E-state index contributed by atoms with van der Waals surface area (Å²) in [4.78, 5) is 17.9. The molecule has 0 spiro atoms. The molecule has 0 saturated heterocycles. The van der Waals surface area contributed by atoms with E-state index >= 15 is 0 Å². The van der Waals surface area contributed by atoms with E-state index in [1.54, 1.807) is 24.8 Å². The molecule has 0 bridgehead atoms. The average molecular weight is 562 g/mol. The van der Waals surface area contributed by atoms with Gasteiger partial charge in [0.25, 0.3) is 5.91 Å². The summed E-state index contributed by atoms with van der Waals surface area (Å²) in [7, 11) is -2.13. The maximum Gasteiger partial charge on any atom is 0.256 e. The van der Waals surface area contributed by atoms with E-state index < -0.39 is 10.0 Å². The fourth-order valence-corrected chi connectivity index (χ4v) is 6.47. The third-order valence-corrected chi connectivity index (χ3v) is 9.09. The molecule has 0 aliphatic carbocycles. The highest BCUT2D eigenvalue weighted by Crippen LogP contribution is 2.30. The summed E-state index contributed by atoms with van der Waals surface area (Å²) in [5.41, 5.74) is 2.70. The van der Waals surface area contributed by atoms with E-state index in [1.807, 2.05) is 55.5 Å². The van der Waals surface area contributed by atoms with Crippen molar-refractivity contribution in [3.05, 3.63) is 95.7 Å². The number of rotatable bonds is 9. The zero-order chi connectivity index (χ0) is 27.6. The molecule has 0 saturated carbocycles. The summed E-state index contributed by atoms with van der Waals surface area (Å²) < 4.78 is 35.8. The van der Waals surface area contributed by atoms with Gasteiger partial charge < -0.3 is 10.1 Å². The third-order valence-electron chi connectivity index (χ3n) is 6.15. The molecule has 11 heteroatoms. The first-order valence-corrected chi connectivity index (χ1v) is 14.5. The van der Waals surface area contributed by atoms with E-state index in [2.05, 4.69) is 15.4 Å². The zero-order valence-corrected chi connectivity index (χ0v) is 23.3. The fraction of sp³-hybridized carbons (Fsp3) is 0.179. The minimum atomic E-state index is -3.74. The maximum absolute atomic E-state index is 13.3. The average Bonchev–Trinajstić information content (AvgIpc) is 3.54. The number of amides is 1. The lowest BCUT2D eigenvalue weighted by Crippen LogP contribution is -2.30. The van der Waals surface area contributed by atoms with Crippen LogP contribution in [-0.2, 0) is 16.6 Å². The van der Waals surface area contributed by atoms with Crippen LogP contribution in [0.15, 0.2) is 83.8 Å². The molecule has 5 rings (SSSR count). The Morgan fingerprint density at radius 1 is 1.05 bits per heavy atom. The molecule has 0 unspecified atom stereocenters. The van der Waals surface area contributed by atoms with Crippen LogP contribution in [0.25, 0.3) is 15.3 Å². The Morgan fingerprint density at radius 2 is 1.79 bits per heavy atom. The van der Waals surface area contributed by atoms with Gasteiger partial charge in [0.1, 0.15) is 11.6 Å². The van der Waals surface area contributed by atoms with Crippen LogP contribution in [0, 0.1) is 6.92 Å². The first kappa shape index (κ1) is 26.5. The van der Waals surface area contributed by atoms with Crippen LogP contribution in [0.3, 0.4) is 0 Å². The van der Waals surface area contributed by atoms with Crippen molar-refractivity contribution in [1.29, 1.82) is 0 Å². The Kier molecular flexibility index (Phi) is 7.47. The molecule has 0 aliphatic rings. The van der Waals surface area contributed by atoms with E-state index in [1.165, 1.54) is 39.9 Å². The predicted octanol–water partition coefficient (Wildman–Crippen LogP) is 5.26. The molecule has 0 aliphatic heterocycles. The number of sulfonamides is 1. The lowest BCUT2D eigenvalue weighted by molar-refractivity contribution is 0.102. The number of aromatic nitrogens is 3. The minimum absolute atomic E-state index is 0.127. The number of carbonyl (C=O) groups excluding carboxylic acids is 1. The van der Waals surface area contributed by atoms with Crippen molar-refractivity contribution in [1.82, 2.24) is 19.1 Å². The van der Waals surface area contributed by atoms with Crippen molar-refractivity contribution in [2.45, 2.75) is 25.3 Å². The van der Waals surface area contributed by atoms with Crippen molar-refractivity contribution in [2.75, 3.05) is 19.0 Å². The molecule has 0 radical (unpaired) electrons. The molecular formula is C28H27N5O4S2. The van der Waals surface area contributed by atoms with Crippen molar-refractivity contribution in [2.24, 2.45) is 0 Å². The summed E-state index contributed by atoms with van der Waals surface area (Å²) in [5, 5.41) is 7.99. The van der Waals surface area contributed by atoms with Gasteiger partial charge in [0, 0.05) is 30.8 Å². The van der Waals surface area contributed by atoms with Gasteiger partial charge in [-0.05, 0) is 48.9 Å². The van der Waals surface area contributed by atoms with Crippen LogP contribution < -0.4 is 10.1 Å². The number of methoxy groups -OCH3 is 1. The summed E-state index contributed by atoms with van der Waals surface area (Å²) in [6, 6.07) is 22.8. The van der Waals surface area contributed by atoms with Gasteiger partial charge in [0.2, 0.25) is 15.2 Å². The van der Waals surface area contributed by atoms with Crippen LogP contribution in [0.1, 0.15) is 28.5 Å². The Bertz CT molecular complexity index is 1730. The van der Waals surface area contributed by atoms with Gasteiger partial charge in [0.15, 0.2) is 0 Å². The molecule has 5 aromatic rings. The number of hydrogen-bond donors (Lipinski definition) is 1. The number of aryl methyl sites for hydroxylation is 1. The van der Waals surface area contributed by atoms with Crippen LogP contribution >= 0.6 is 11.3 Å². The number of thiazole rings is 1. The van der Waals surface area contributed by atoms with Gasteiger partial charge in [-0.25, -0.2) is 13.4 Å². The molecule has 0 atom stereocenters. The molecule has 0 fully saturated rings. The van der Waals surface area contributed by atoms with E-state index in [4.69, 9.17) is 4.74 Å². The number of hydrogen-bond acceptors (Lipinski definition) is 7. The number of ether oxygens (including phenoxy) is 1. The number of nitrogens with one attached hydrogen (secondary N) is 1. The molecule has 3 aromatic carbocycles. The minimum Gasteiger partial charge on any atom is -0.497 e. The standard InChI is InChI=1S/C28H27N5O4S2/c1-4-32(18-20-8-6-5-7-9-20)39(35,36)23-13-10-21(11-14-23)27(34)30-26-16-19(2)31-33(26)28-29-24-17-22(37-3)12-15-25(24)38-28/h5-17H,4,18H2,1-3H3,(H,30,34). The second-order valence-corrected chi connectivity index (χ2v) is 11.8. The van der Waals surface area contributed by atoms with Crippen LogP contribution in [0.2, 0.25) is 0 Å². The summed E-state index contributed by atoms with van der Waals surface area (Å²) in [6.45, 7) is 4.22. The molecule has 2 heterocycles. The van der Waals surface area contributed by atoms with Gasteiger partial charge >= 0.3 is 0 Å². The largest absolute Gasteiger partial charge is 0.497 e. The lowest BCUT2D eigenvalue weighted by Gasteiger charge is -2.20. The summed E-state index contributed by atoms with van der Waals surface area (Å²) >= 11 is 1.44. The second kappa shape index (κ2) is 11.0. The Balaban J connectivity index is 1.35. The lowest BCUT2D eigenvalue weighted by atomic mass is 10.2. The summed E-state index contributed by atoms with van der Waals surface area (Å²) in [5.74, 6) is 0.775. The second-order valence-electron chi connectivity index (χ2n) is 8.81. The van der Waals surface area contributed by atoms with E-state index in [-0.39, 0.29) is 17.3 Å². The fourth-order valence-electron chi connectivity index (χ4n) is 4.12. The van der Waals surface area contributed by atoms with Gasteiger partial charge in [-0.3, -0.25) is 4.79 Å². The number of fused-ring (bicyclic) bond motifs is 1. The van der Waals surface area contributed by atoms with E-state index in [9.17, 15) is 13.2 Å². The van der Waals surface area contributed by atoms with Gasteiger partial charge in [0.05, 0.1) is 27.9 Å². The van der Waals surface area contributed by atoms with Crippen LogP contribution in [-0.4, -0.2) is 47.0 Å². The molecule has 200 valence electrons. The summed E-state index contributed by atoms with van der Waals surface area (Å²) in [6.07, 6.45) is 0. The first-order chi connectivity index (χ1) is 18.8. The Hall–Kier alpha value is -4.06. The van der Waals surface area contributed by atoms with E-state index in [0.29, 0.717) is 34.5 Å². The maximum atomic E-state index is 13.3. The van der Waals surface area contributed by atoms with Crippen LogP contribution in [0.4, 0.5) is 5.82 Å². The topological polar surface area (TPSA) is 106 Å². The smallest absolute Gasteiger partial charge is 0.256 e. The monoisotopic (exact) mass is 561 g/mol. The molecule has 1 amide bonds. The van der Waals surface area contributed by atoms with Crippen molar-refractivity contribution < 1.29 is 17.9 Å². The Labute approximate surface area is 230 Å². The molecule has 1 N–H and O–H groups in total. The predicted molar refractivity (Wildman–Crippen MR) is 152 cm³/mol. The van der Waals surface area contributed by atoms with Crippen LogP contribution in [0.5, 0.6) is 5.75 Å². The SMILES string of the molecule is CCN(Cc1ccccc1)S(=O)(=O)c1ccc(C(=O)Nc2cc(C)nn2-c2nc3cc(OC)ccc3s2)cc1. The highest BCUT2D eigenvalue weighted by atomic mass is 32.2. The highest BCUT2D eigenvalue weighted by Gasteiger charge is 2.24. The van der Waals surface area contributed by atoms with Gasteiger partial charge in [-0.15, -0.1) is 0 Å². The normalized spacial score (nSPS) is 11.7. The quantitative estimate of drug-likeness (QED) is 0.263. The molecule has 39 heavy (non-hydrogen) atoms. The number of benzene rings is 3. The molecular weight excluding hydrogens is 534 g/mol. The Morgan fingerprint density at radius 3 is 2.49 bits per heavy atom. The van der Waals surface area contributed by atoms with Gasteiger partial charge in [-0.2, -0.15) is 14.1 Å². The number of anilines is 1. The third kappa shape index (κ3) is 5.56. The van der Waals surface area contributed by atoms with Crippen molar-refractivity contribution >= 4 is 43.3 Å².